The van der Waals surface area contributed by atoms with Crippen LogP contribution in [0.2, 0.25) is 0 Å². The van der Waals surface area contributed by atoms with Crippen molar-refractivity contribution in [1.82, 2.24) is 4.90 Å². The molecule has 5 heteroatoms. The van der Waals surface area contributed by atoms with Gasteiger partial charge in [0, 0.05) is 18.8 Å². The van der Waals surface area contributed by atoms with Gasteiger partial charge in [-0.2, -0.15) is 0 Å². The highest BCUT2D eigenvalue weighted by Gasteiger charge is 2.10. The van der Waals surface area contributed by atoms with Crippen LogP contribution in [-0.2, 0) is 4.79 Å². The lowest BCUT2D eigenvalue weighted by atomic mass is 10.2. The number of nitrogens with zero attached hydrogens (tertiary/aromatic N) is 1. The lowest BCUT2D eigenvalue weighted by Crippen LogP contribution is -2.35. The number of benzene rings is 1. The van der Waals surface area contributed by atoms with Crippen LogP contribution in [0, 0.1) is 12.7 Å². The fourth-order valence-corrected chi connectivity index (χ4v) is 1.68. The summed E-state index contributed by atoms with van der Waals surface area (Å²) in [6.07, 6.45) is 1.66. The molecule has 19 heavy (non-hydrogen) atoms. The molecule has 1 rings (SSSR count). The molecule has 0 atom stereocenters. The molecule has 0 saturated heterocycles. The van der Waals surface area contributed by atoms with E-state index in [9.17, 15) is 9.18 Å². The minimum Gasteiger partial charge on any atom is -0.395 e. The number of hydrogen-bond acceptors (Lipinski definition) is 3. The number of anilines is 1. The van der Waals surface area contributed by atoms with Crippen molar-refractivity contribution in [3.05, 3.63) is 42.2 Å². The monoisotopic (exact) mass is 266 g/mol. The second kappa shape index (κ2) is 7.66. The van der Waals surface area contributed by atoms with Crippen molar-refractivity contribution in [1.29, 1.82) is 0 Å². The fourth-order valence-electron chi connectivity index (χ4n) is 1.68. The number of halogens is 1. The van der Waals surface area contributed by atoms with E-state index in [1.807, 2.05) is 0 Å². The Morgan fingerprint density at radius 1 is 1.58 bits per heavy atom. The summed E-state index contributed by atoms with van der Waals surface area (Å²) in [6.45, 7) is 6.39. The average molecular weight is 266 g/mol. The number of carbonyl (C=O) groups is 1. The molecule has 0 heterocycles. The number of carbonyl (C=O) groups excluding carboxylic acids is 1. The van der Waals surface area contributed by atoms with E-state index >= 15 is 0 Å². The molecular formula is C14H19FN2O2. The van der Waals surface area contributed by atoms with Gasteiger partial charge in [-0.25, -0.2) is 4.39 Å². The summed E-state index contributed by atoms with van der Waals surface area (Å²) in [5, 5.41) is 11.6. The fraction of sp³-hybridized carbons (Fsp3) is 0.357. The van der Waals surface area contributed by atoms with Crippen molar-refractivity contribution in [3.8, 4) is 0 Å². The van der Waals surface area contributed by atoms with E-state index in [1.54, 1.807) is 24.0 Å². The zero-order valence-corrected chi connectivity index (χ0v) is 11.0. The third kappa shape index (κ3) is 5.19. The Morgan fingerprint density at radius 3 is 2.95 bits per heavy atom. The van der Waals surface area contributed by atoms with Crippen molar-refractivity contribution in [2.45, 2.75) is 6.92 Å². The van der Waals surface area contributed by atoms with Gasteiger partial charge in [0.25, 0.3) is 0 Å². The van der Waals surface area contributed by atoms with Gasteiger partial charge in [-0.05, 0) is 24.6 Å². The normalized spacial score (nSPS) is 10.5. The standard InChI is InChI=1S/C14H19FN2O2/c1-3-6-17(7-8-18)10-14(19)16-13-9-12(15)5-4-11(13)2/h3-5,9,18H,1,6-8,10H2,2H3,(H,16,19). The molecule has 1 amide bonds. The highest BCUT2D eigenvalue weighted by Crippen LogP contribution is 2.15. The number of aliphatic hydroxyl groups excluding tert-OH is 1. The second-order valence-corrected chi connectivity index (χ2v) is 4.25. The van der Waals surface area contributed by atoms with Crippen LogP contribution in [0.1, 0.15) is 5.56 Å². The maximum absolute atomic E-state index is 13.1. The predicted octanol–water partition coefficient (Wildman–Crippen LogP) is 1.55. The Hall–Kier alpha value is -1.72. The predicted molar refractivity (Wildman–Crippen MR) is 73.5 cm³/mol. The molecule has 0 radical (unpaired) electrons. The van der Waals surface area contributed by atoms with Crippen molar-refractivity contribution in [2.75, 3.05) is 31.6 Å². The minimum atomic E-state index is -0.390. The molecule has 0 aliphatic heterocycles. The topological polar surface area (TPSA) is 52.6 Å². The summed E-state index contributed by atoms with van der Waals surface area (Å²) in [5.41, 5.74) is 1.26. The van der Waals surface area contributed by atoms with Gasteiger partial charge in [0.2, 0.25) is 5.91 Å². The molecule has 4 nitrogen and oxygen atoms in total. The van der Waals surface area contributed by atoms with Crippen LogP contribution in [0.25, 0.3) is 0 Å². The third-order valence-electron chi connectivity index (χ3n) is 2.64. The third-order valence-corrected chi connectivity index (χ3v) is 2.64. The van der Waals surface area contributed by atoms with Gasteiger partial charge >= 0.3 is 0 Å². The molecule has 1 aromatic rings. The molecule has 0 saturated carbocycles. The van der Waals surface area contributed by atoms with E-state index in [0.29, 0.717) is 18.8 Å². The highest BCUT2D eigenvalue weighted by molar-refractivity contribution is 5.92. The molecule has 0 spiro atoms. The summed E-state index contributed by atoms with van der Waals surface area (Å²) >= 11 is 0. The van der Waals surface area contributed by atoms with Crippen LogP contribution < -0.4 is 5.32 Å². The highest BCUT2D eigenvalue weighted by atomic mass is 19.1. The molecule has 0 aliphatic carbocycles. The molecule has 0 aliphatic rings. The summed E-state index contributed by atoms with van der Waals surface area (Å²) in [7, 11) is 0. The Labute approximate surface area is 112 Å². The SMILES string of the molecule is C=CCN(CCO)CC(=O)Nc1cc(F)ccc1C. The van der Waals surface area contributed by atoms with Gasteiger partial charge in [-0.1, -0.05) is 12.1 Å². The Morgan fingerprint density at radius 2 is 2.32 bits per heavy atom. The van der Waals surface area contributed by atoms with Crippen LogP contribution in [0.4, 0.5) is 10.1 Å². The molecule has 1 aromatic carbocycles. The number of amides is 1. The minimum absolute atomic E-state index is 0.0277. The molecule has 0 bridgehead atoms. The van der Waals surface area contributed by atoms with Crippen molar-refractivity contribution in [3.63, 3.8) is 0 Å². The molecule has 0 fully saturated rings. The summed E-state index contributed by atoms with van der Waals surface area (Å²) in [6, 6.07) is 4.25. The summed E-state index contributed by atoms with van der Waals surface area (Å²) in [4.78, 5) is 13.6. The van der Waals surface area contributed by atoms with Gasteiger partial charge in [0.05, 0.1) is 13.2 Å². The van der Waals surface area contributed by atoms with Gasteiger partial charge in [-0.3, -0.25) is 9.69 Å². The molecule has 2 N–H and O–H groups in total. The van der Waals surface area contributed by atoms with Gasteiger partial charge in [0.15, 0.2) is 0 Å². The summed E-state index contributed by atoms with van der Waals surface area (Å²) in [5.74, 6) is -0.636. The number of aliphatic hydroxyl groups is 1. The largest absolute Gasteiger partial charge is 0.395 e. The Kier molecular flexibility index (Phi) is 6.18. The average Bonchev–Trinajstić information content (AvgIpc) is 2.34. The van der Waals surface area contributed by atoms with Crippen LogP contribution >= 0.6 is 0 Å². The first-order chi connectivity index (χ1) is 9.06. The van der Waals surface area contributed by atoms with E-state index in [1.165, 1.54) is 12.1 Å². The van der Waals surface area contributed by atoms with Gasteiger partial charge < -0.3 is 10.4 Å². The zero-order valence-electron chi connectivity index (χ0n) is 11.0. The molecule has 0 aromatic heterocycles. The zero-order chi connectivity index (χ0) is 14.3. The molecule has 104 valence electrons. The van der Waals surface area contributed by atoms with E-state index in [-0.39, 0.29) is 24.9 Å². The first kappa shape index (κ1) is 15.3. The van der Waals surface area contributed by atoms with Crippen LogP contribution in [0.5, 0.6) is 0 Å². The quantitative estimate of drug-likeness (QED) is 0.736. The second-order valence-electron chi connectivity index (χ2n) is 4.25. The maximum atomic E-state index is 13.1. The number of nitrogens with one attached hydrogen (secondary N) is 1. The van der Waals surface area contributed by atoms with Crippen LogP contribution in [0.15, 0.2) is 30.9 Å². The van der Waals surface area contributed by atoms with Crippen molar-refractivity contribution in [2.24, 2.45) is 0 Å². The van der Waals surface area contributed by atoms with E-state index in [0.717, 1.165) is 5.56 Å². The number of aryl methyl sites for hydroxylation is 1. The molecule has 0 unspecified atom stereocenters. The number of rotatable bonds is 7. The Bertz CT molecular complexity index is 449. The van der Waals surface area contributed by atoms with Crippen molar-refractivity contribution < 1.29 is 14.3 Å². The lowest BCUT2D eigenvalue weighted by molar-refractivity contribution is -0.117. The van der Waals surface area contributed by atoms with Gasteiger partial charge in [0.1, 0.15) is 5.82 Å². The van der Waals surface area contributed by atoms with Crippen LogP contribution in [-0.4, -0.2) is 42.2 Å². The summed E-state index contributed by atoms with van der Waals surface area (Å²) < 4.78 is 13.1. The number of hydrogen-bond donors (Lipinski definition) is 2. The van der Waals surface area contributed by atoms with Gasteiger partial charge in [-0.15, -0.1) is 6.58 Å². The van der Waals surface area contributed by atoms with E-state index in [2.05, 4.69) is 11.9 Å². The Balaban J connectivity index is 2.63. The van der Waals surface area contributed by atoms with Crippen LogP contribution in [0.3, 0.4) is 0 Å². The maximum Gasteiger partial charge on any atom is 0.238 e. The smallest absolute Gasteiger partial charge is 0.238 e. The van der Waals surface area contributed by atoms with E-state index < -0.39 is 0 Å². The first-order valence-electron chi connectivity index (χ1n) is 6.07. The molecular weight excluding hydrogens is 247 g/mol. The van der Waals surface area contributed by atoms with E-state index in [4.69, 9.17) is 5.11 Å². The lowest BCUT2D eigenvalue weighted by Gasteiger charge is -2.19. The van der Waals surface area contributed by atoms with Crippen molar-refractivity contribution >= 4 is 11.6 Å². The first-order valence-corrected chi connectivity index (χ1v) is 6.07.